The first-order chi connectivity index (χ1) is 25.2. The van der Waals surface area contributed by atoms with Crippen molar-refractivity contribution in [1.29, 1.82) is 0 Å². The molecule has 0 aliphatic heterocycles. The number of nitrogens with zero attached hydrogens (tertiary/aromatic N) is 4. The van der Waals surface area contributed by atoms with Crippen LogP contribution in [0.15, 0.2) is 168 Å². The number of hydrogen-bond donors (Lipinski definition) is 0. The molecule has 3 heterocycles. The predicted molar refractivity (Wildman–Crippen MR) is 208 cm³/mol. The maximum Gasteiger partial charge on any atom is 0.164 e. The van der Waals surface area contributed by atoms with E-state index in [1.54, 1.807) is 0 Å². The summed E-state index contributed by atoms with van der Waals surface area (Å²) in [5.74, 6) is 1.90. The highest BCUT2D eigenvalue weighted by Crippen LogP contribution is 2.41. The molecule has 0 fully saturated rings. The lowest BCUT2D eigenvalue weighted by Gasteiger charge is -2.16. The van der Waals surface area contributed by atoms with Crippen LogP contribution in [0.1, 0.15) is 5.56 Å². The zero-order valence-electron chi connectivity index (χ0n) is 27.8. The number of aryl methyl sites for hydroxylation is 1. The molecule has 0 atom stereocenters. The second-order valence-corrected chi connectivity index (χ2v) is 13.0. The Morgan fingerprint density at radius 2 is 1.00 bits per heavy atom. The molecule has 5 heteroatoms. The van der Waals surface area contributed by atoms with Crippen LogP contribution >= 0.6 is 0 Å². The molecule has 7 aromatic carbocycles. The molecule has 10 rings (SSSR count). The molecule has 0 saturated heterocycles. The summed E-state index contributed by atoms with van der Waals surface area (Å²) in [5, 5.41) is 4.53. The standard InChI is InChI=1S/C46H30N4O/c1-29-20-22-30(23-21-29)36-26-33(46-48-44(31-12-4-2-5-13-31)47-45(49-46)32-14-6-3-7-15-32)24-25-40(36)50-39-18-10-8-16-34(39)37-28-43-38(27-41(37)50)35-17-9-11-19-42(35)51-43/h2-28H,1H3. The highest BCUT2D eigenvalue weighted by atomic mass is 16.3. The first-order valence-electron chi connectivity index (χ1n) is 17.1. The van der Waals surface area contributed by atoms with Gasteiger partial charge in [0.05, 0.1) is 16.7 Å². The molecule has 0 radical (unpaired) electrons. The minimum absolute atomic E-state index is 0.622. The molecule has 10 aromatic rings. The zero-order chi connectivity index (χ0) is 33.9. The molecular formula is C46H30N4O. The Balaban J connectivity index is 1.25. The summed E-state index contributed by atoms with van der Waals surface area (Å²) in [6.45, 7) is 2.12. The van der Waals surface area contributed by atoms with Gasteiger partial charge in [0.1, 0.15) is 11.2 Å². The van der Waals surface area contributed by atoms with Crippen LogP contribution in [-0.2, 0) is 0 Å². The summed E-state index contributed by atoms with van der Waals surface area (Å²) in [5.41, 5.74) is 11.3. The fraction of sp³-hybridized carbons (Fsp3) is 0.0217. The van der Waals surface area contributed by atoms with Gasteiger partial charge in [-0.3, -0.25) is 0 Å². The molecule has 0 N–H and O–H groups in total. The van der Waals surface area contributed by atoms with E-state index in [4.69, 9.17) is 19.4 Å². The fourth-order valence-corrected chi connectivity index (χ4v) is 7.22. The normalized spacial score (nSPS) is 11.6. The molecule has 0 aliphatic rings. The van der Waals surface area contributed by atoms with Crippen LogP contribution in [0.3, 0.4) is 0 Å². The minimum Gasteiger partial charge on any atom is -0.456 e. The lowest BCUT2D eigenvalue weighted by atomic mass is 9.99. The fourth-order valence-electron chi connectivity index (χ4n) is 7.22. The average molecular weight is 655 g/mol. The maximum absolute atomic E-state index is 6.35. The maximum atomic E-state index is 6.35. The molecule has 0 amide bonds. The number of benzene rings is 7. The molecular weight excluding hydrogens is 625 g/mol. The number of rotatable bonds is 5. The molecule has 0 aliphatic carbocycles. The second kappa shape index (κ2) is 11.6. The van der Waals surface area contributed by atoms with Crippen molar-refractivity contribution in [2.75, 3.05) is 0 Å². The lowest BCUT2D eigenvalue weighted by molar-refractivity contribution is 0.669. The van der Waals surface area contributed by atoms with E-state index < -0.39 is 0 Å². The van der Waals surface area contributed by atoms with Crippen molar-refractivity contribution in [1.82, 2.24) is 19.5 Å². The van der Waals surface area contributed by atoms with Crippen molar-refractivity contribution in [3.8, 4) is 51.0 Å². The Morgan fingerprint density at radius 1 is 0.412 bits per heavy atom. The Morgan fingerprint density at radius 3 is 1.71 bits per heavy atom. The highest BCUT2D eigenvalue weighted by molar-refractivity contribution is 6.17. The molecule has 0 bridgehead atoms. The van der Waals surface area contributed by atoms with Crippen molar-refractivity contribution >= 4 is 43.7 Å². The summed E-state index contributed by atoms with van der Waals surface area (Å²) in [4.78, 5) is 15.0. The molecule has 0 spiro atoms. The monoisotopic (exact) mass is 654 g/mol. The van der Waals surface area contributed by atoms with Crippen LogP contribution < -0.4 is 0 Å². The summed E-state index contributed by atoms with van der Waals surface area (Å²) >= 11 is 0. The van der Waals surface area contributed by atoms with Crippen LogP contribution in [0.2, 0.25) is 0 Å². The van der Waals surface area contributed by atoms with Crippen molar-refractivity contribution in [3.05, 3.63) is 169 Å². The van der Waals surface area contributed by atoms with Gasteiger partial charge in [-0.2, -0.15) is 0 Å². The van der Waals surface area contributed by atoms with Gasteiger partial charge in [-0.1, -0.05) is 127 Å². The first kappa shape index (κ1) is 29.1. The quantitative estimate of drug-likeness (QED) is 0.185. The Labute approximate surface area is 294 Å². The van der Waals surface area contributed by atoms with E-state index in [9.17, 15) is 0 Å². The number of furan rings is 1. The smallest absolute Gasteiger partial charge is 0.164 e. The van der Waals surface area contributed by atoms with Crippen LogP contribution in [0.25, 0.3) is 94.7 Å². The van der Waals surface area contributed by atoms with E-state index in [0.29, 0.717) is 17.5 Å². The number of para-hydroxylation sites is 2. The van der Waals surface area contributed by atoms with E-state index in [0.717, 1.165) is 71.9 Å². The van der Waals surface area contributed by atoms with Gasteiger partial charge >= 0.3 is 0 Å². The Bertz CT molecular complexity index is 2850. The molecule has 0 saturated carbocycles. The predicted octanol–water partition coefficient (Wildman–Crippen LogP) is 11.8. The third-order valence-electron chi connectivity index (χ3n) is 9.73. The number of aromatic nitrogens is 4. The van der Waals surface area contributed by atoms with Crippen LogP contribution in [0, 0.1) is 6.92 Å². The average Bonchev–Trinajstić information content (AvgIpc) is 3.72. The van der Waals surface area contributed by atoms with E-state index >= 15 is 0 Å². The molecule has 51 heavy (non-hydrogen) atoms. The first-order valence-corrected chi connectivity index (χ1v) is 17.1. The topological polar surface area (TPSA) is 56.7 Å². The van der Waals surface area contributed by atoms with Crippen molar-refractivity contribution in [2.24, 2.45) is 0 Å². The van der Waals surface area contributed by atoms with Crippen LogP contribution in [0.5, 0.6) is 0 Å². The van der Waals surface area contributed by atoms with Crippen LogP contribution in [0.4, 0.5) is 0 Å². The van der Waals surface area contributed by atoms with Crippen molar-refractivity contribution < 1.29 is 4.42 Å². The van der Waals surface area contributed by atoms with E-state index in [2.05, 4.69) is 102 Å². The Kier molecular flexibility index (Phi) is 6.64. The van der Waals surface area contributed by atoms with Gasteiger partial charge < -0.3 is 8.98 Å². The van der Waals surface area contributed by atoms with Gasteiger partial charge in [0.25, 0.3) is 0 Å². The van der Waals surface area contributed by atoms with Gasteiger partial charge in [-0.05, 0) is 55.0 Å². The third kappa shape index (κ3) is 4.90. The van der Waals surface area contributed by atoms with Crippen LogP contribution in [-0.4, -0.2) is 19.5 Å². The number of fused-ring (bicyclic) bond motifs is 6. The second-order valence-electron chi connectivity index (χ2n) is 13.0. The lowest BCUT2D eigenvalue weighted by Crippen LogP contribution is -2.02. The zero-order valence-corrected chi connectivity index (χ0v) is 27.8. The van der Waals surface area contributed by atoms with Crippen molar-refractivity contribution in [2.45, 2.75) is 6.92 Å². The van der Waals surface area contributed by atoms with E-state index in [1.807, 2.05) is 72.8 Å². The summed E-state index contributed by atoms with van der Waals surface area (Å²) in [6, 6.07) is 56.9. The van der Waals surface area contributed by atoms with Gasteiger partial charge in [0, 0.05) is 43.8 Å². The summed E-state index contributed by atoms with van der Waals surface area (Å²) < 4.78 is 8.74. The van der Waals surface area contributed by atoms with Gasteiger partial charge in [-0.25, -0.2) is 15.0 Å². The van der Waals surface area contributed by atoms with E-state index in [-0.39, 0.29) is 0 Å². The molecule has 240 valence electrons. The highest BCUT2D eigenvalue weighted by Gasteiger charge is 2.20. The molecule has 3 aromatic heterocycles. The van der Waals surface area contributed by atoms with Gasteiger partial charge in [-0.15, -0.1) is 0 Å². The van der Waals surface area contributed by atoms with Gasteiger partial charge in [0.15, 0.2) is 17.5 Å². The molecule has 5 nitrogen and oxygen atoms in total. The Hall–Kier alpha value is -6.85. The third-order valence-corrected chi connectivity index (χ3v) is 9.73. The van der Waals surface area contributed by atoms with E-state index in [1.165, 1.54) is 10.9 Å². The minimum atomic E-state index is 0.622. The number of hydrogen-bond acceptors (Lipinski definition) is 4. The van der Waals surface area contributed by atoms with Gasteiger partial charge in [0.2, 0.25) is 0 Å². The summed E-state index contributed by atoms with van der Waals surface area (Å²) in [7, 11) is 0. The SMILES string of the molecule is Cc1ccc(-c2cc(-c3nc(-c4ccccc4)nc(-c4ccccc4)n3)ccc2-n2c3ccccc3c3cc4oc5ccccc5c4cc32)cc1. The summed E-state index contributed by atoms with van der Waals surface area (Å²) in [6.07, 6.45) is 0. The largest absolute Gasteiger partial charge is 0.456 e. The van der Waals surface area contributed by atoms with Crippen molar-refractivity contribution in [3.63, 3.8) is 0 Å². The molecule has 0 unspecified atom stereocenters.